The molecule has 2 amide bonds. The van der Waals surface area contributed by atoms with Gasteiger partial charge in [-0.25, -0.2) is 0 Å². The smallest absolute Gasteiger partial charge is 0.260 e. The molecule has 7 N–H and O–H groups in total. The minimum absolute atomic E-state index is 0.0345. The van der Waals surface area contributed by atoms with Crippen LogP contribution in [0.1, 0.15) is 31.2 Å². The largest absolute Gasteiger partial charge is 0.397 e. The number of anilines is 2. The van der Waals surface area contributed by atoms with Gasteiger partial charge in [-0.3, -0.25) is 9.59 Å². The molecule has 21 heavy (non-hydrogen) atoms. The molecule has 0 aliphatic carbocycles. The summed E-state index contributed by atoms with van der Waals surface area (Å²) in [4.78, 5) is 23.0. The molecular weight excluding hydrogens is 288 g/mol. The molecule has 0 radical (unpaired) electrons. The maximum absolute atomic E-state index is 11.5. The zero-order valence-electron chi connectivity index (χ0n) is 11.5. The van der Waals surface area contributed by atoms with Crippen LogP contribution in [0.5, 0.6) is 0 Å². The van der Waals surface area contributed by atoms with E-state index in [0.717, 1.165) is 22.5 Å². The van der Waals surface area contributed by atoms with Crippen molar-refractivity contribution in [1.29, 1.82) is 0 Å². The molecule has 0 aliphatic heterocycles. The molecule has 7 heteroatoms. The predicted molar refractivity (Wildman–Crippen MR) is 84.3 cm³/mol. The lowest BCUT2D eigenvalue weighted by atomic mass is 10.1. The minimum atomic E-state index is -0.691. The van der Waals surface area contributed by atoms with Gasteiger partial charge in [0.2, 0.25) is 0 Å². The van der Waals surface area contributed by atoms with Crippen molar-refractivity contribution in [2.45, 2.75) is 13.5 Å². The van der Waals surface area contributed by atoms with Gasteiger partial charge in [-0.2, -0.15) is 0 Å². The fraction of sp³-hybridized carbons (Fsp3) is 0.143. The molecule has 0 saturated heterocycles. The van der Waals surface area contributed by atoms with Crippen LogP contribution in [0.3, 0.4) is 0 Å². The number of hydrogen-bond donors (Lipinski definition) is 4. The van der Waals surface area contributed by atoms with E-state index in [1.165, 1.54) is 0 Å². The molecule has 0 fully saturated rings. The summed E-state index contributed by atoms with van der Waals surface area (Å²) < 4.78 is 0. The number of thiophene rings is 1. The topological polar surface area (TPSA) is 124 Å². The van der Waals surface area contributed by atoms with E-state index in [4.69, 9.17) is 17.2 Å². The van der Waals surface area contributed by atoms with Gasteiger partial charge in [-0.1, -0.05) is 24.3 Å². The number of nitrogens with one attached hydrogen (secondary N) is 1. The van der Waals surface area contributed by atoms with Gasteiger partial charge < -0.3 is 22.5 Å². The van der Waals surface area contributed by atoms with Crippen LogP contribution in [0.15, 0.2) is 24.3 Å². The first-order valence-electron chi connectivity index (χ1n) is 6.22. The average molecular weight is 304 g/mol. The van der Waals surface area contributed by atoms with Gasteiger partial charge in [0, 0.05) is 6.54 Å². The van der Waals surface area contributed by atoms with Gasteiger partial charge in [0.1, 0.15) is 9.88 Å². The molecule has 0 atom stereocenters. The average Bonchev–Trinajstić information content (AvgIpc) is 2.75. The molecule has 110 valence electrons. The van der Waals surface area contributed by atoms with E-state index in [1.807, 2.05) is 31.2 Å². The number of amides is 2. The van der Waals surface area contributed by atoms with Crippen LogP contribution in [-0.4, -0.2) is 11.8 Å². The lowest BCUT2D eigenvalue weighted by Gasteiger charge is -2.08. The second-order valence-corrected chi connectivity index (χ2v) is 5.58. The van der Waals surface area contributed by atoms with E-state index in [-0.39, 0.29) is 16.1 Å². The molecule has 1 aromatic heterocycles. The van der Waals surface area contributed by atoms with E-state index in [2.05, 4.69) is 5.32 Å². The highest BCUT2D eigenvalue weighted by Crippen LogP contribution is 2.35. The zero-order valence-corrected chi connectivity index (χ0v) is 12.3. The van der Waals surface area contributed by atoms with Gasteiger partial charge in [0.15, 0.2) is 0 Å². The molecule has 0 unspecified atom stereocenters. The Morgan fingerprint density at radius 3 is 2.43 bits per heavy atom. The number of primary amides is 2. The fourth-order valence-electron chi connectivity index (χ4n) is 1.98. The van der Waals surface area contributed by atoms with Crippen molar-refractivity contribution in [3.63, 3.8) is 0 Å². The molecule has 0 spiro atoms. The van der Waals surface area contributed by atoms with Crippen molar-refractivity contribution < 1.29 is 9.59 Å². The number of rotatable bonds is 5. The molecule has 6 nitrogen and oxygen atoms in total. The normalized spacial score (nSPS) is 10.3. The highest BCUT2D eigenvalue weighted by atomic mass is 32.1. The SMILES string of the molecule is Cc1ccccc1CNc1sc(C(N)=O)c(N)c1C(N)=O. The van der Waals surface area contributed by atoms with Crippen LogP contribution in [0.2, 0.25) is 0 Å². The first kappa shape index (κ1) is 14.9. The summed E-state index contributed by atoms with van der Waals surface area (Å²) >= 11 is 1.04. The molecule has 0 bridgehead atoms. The molecule has 0 aliphatic rings. The van der Waals surface area contributed by atoms with Crippen molar-refractivity contribution in [3.8, 4) is 0 Å². The Morgan fingerprint density at radius 2 is 1.86 bits per heavy atom. The van der Waals surface area contributed by atoms with Crippen LogP contribution in [0, 0.1) is 6.92 Å². The van der Waals surface area contributed by atoms with E-state index in [1.54, 1.807) is 0 Å². The van der Waals surface area contributed by atoms with Gasteiger partial charge in [-0.05, 0) is 18.1 Å². The van der Waals surface area contributed by atoms with Crippen LogP contribution < -0.4 is 22.5 Å². The van der Waals surface area contributed by atoms with Crippen LogP contribution in [0.4, 0.5) is 10.7 Å². The summed E-state index contributed by atoms with van der Waals surface area (Å²) in [5, 5.41) is 3.55. The zero-order chi connectivity index (χ0) is 15.6. The molecule has 0 saturated carbocycles. The van der Waals surface area contributed by atoms with Crippen molar-refractivity contribution in [3.05, 3.63) is 45.8 Å². The Bertz CT molecular complexity index is 709. The second kappa shape index (κ2) is 5.84. The standard InChI is InChI=1S/C14H16N4O2S/c1-7-4-2-3-5-8(7)6-18-14-9(12(16)19)10(15)11(21-14)13(17)20/h2-5,18H,6,15H2,1H3,(H2,16,19)(H2,17,20). The maximum Gasteiger partial charge on any atom is 0.260 e. The van der Waals surface area contributed by atoms with Crippen molar-refractivity contribution in [2.24, 2.45) is 11.5 Å². The summed E-state index contributed by atoms with van der Waals surface area (Å²) in [6, 6.07) is 7.83. The number of carbonyl (C=O) groups excluding carboxylic acids is 2. The lowest BCUT2D eigenvalue weighted by Crippen LogP contribution is -2.16. The molecule has 1 heterocycles. The molecule has 2 rings (SSSR count). The second-order valence-electron chi connectivity index (χ2n) is 4.56. The van der Waals surface area contributed by atoms with Gasteiger partial charge in [-0.15, -0.1) is 11.3 Å². The van der Waals surface area contributed by atoms with Gasteiger partial charge in [0.25, 0.3) is 11.8 Å². The van der Waals surface area contributed by atoms with Crippen molar-refractivity contribution in [1.82, 2.24) is 0 Å². The number of nitrogen functional groups attached to an aromatic ring is 1. The van der Waals surface area contributed by atoms with Gasteiger partial charge in [0.05, 0.1) is 11.3 Å². The first-order valence-corrected chi connectivity index (χ1v) is 7.03. The van der Waals surface area contributed by atoms with Crippen LogP contribution >= 0.6 is 11.3 Å². The molecule has 2 aromatic rings. The van der Waals surface area contributed by atoms with Crippen molar-refractivity contribution in [2.75, 3.05) is 11.1 Å². The minimum Gasteiger partial charge on any atom is -0.397 e. The number of carbonyl (C=O) groups is 2. The highest BCUT2D eigenvalue weighted by molar-refractivity contribution is 7.19. The number of benzene rings is 1. The Kier molecular flexibility index (Phi) is 4.13. The Labute approximate surface area is 125 Å². The van der Waals surface area contributed by atoms with Crippen molar-refractivity contribution >= 4 is 33.8 Å². The predicted octanol–water partition coefficient (Wildman–Crippen LogP) is 1.45. The first-order chi connectivity index (χ1) is 9.91. The van der Waals surface area contributed by atoms with E-state index < -0.39 is 11.8 Å². The highest BCUT2D eigenvalue weighted by Gasteiger charge is 2.22. The summed E-state index contributed by atoms with van der Waals surface area (Å²) in [7, 11) is 0. The Hall–Kier alpha value is -2.54. The molecule has 1 aromatic carbocycles. The number of hydrogen-bond acceptors (Lipinski definition) is 5. The summed E-state index contributed by atoms with van der Waals surface area (Å²) in [5.74, 6) is -1.37. The van der Waals surface area contributed by atoms with Crippen LogP contribution in [0.25, 0.3) is 0 Å². The van der Waals surface area contributed by atoms with E-state index >= 15 is 0 Å². The Balaban J connectivity index is 2.32. The monoisotopic (exact) mass is 304 g/mol. The van der Waals surface area contributed by atoms with E-state index in [0.29, 0.717) is 11.5 Å². The number of aryl methyl sites for hydroxylation is 1. The van der Waals surface area contributed by atoms with Gasteiger partial charge >= 0.3 is 0 Å². The Morgan fingerprint density at radius 1 is 1.19 bits per heavy atom. The summed E-state index contributed by atoms with van der Waals surface area (Å²) in [6.45, 7) is 2.48. The number of nitrogens with two attached hydrogens (primary N) is 3. The van der Waals surface area contributed by atoms with Crippen LogP contribution in [-0.2, 0) is 6.54 Å². The van der Waals surface area contributed by atoms with E-state index in [9.17, 15) is 9.59 Å². The third kappa shape index (κ3) is 2.97. The lowest BCUT2D eigenvalue weighted by molar-refractivity contribution is 0.0999. The maximum atomic E-state index is 11.5. The third-order valence-corrected chi connectivity index (χ3v) is 4.29. The third-order valence-electron chi connectivity index (χ3n) is 3.12. The summed E-state index contributed by atoms with van der Waals surface area (Å²) in [6.07, 6.45) is 0. The summed E-state index contributed by atoms with van der Waals surface area (Å²) in [5.41, 5.74) is 18.7. The molecular formula is C14H16N4O2S. The quantitative estimate of drug-likeness (QED) is 0.667. The fourth-order valence-corrected chi connectivity index (χ4v) is 2.95.